The van der Waals surface area contributed by atoms with E-state index >= 15 is 0 Å². The van der Waals surface area contributed by atoms with Crippen LogP contribution >= 0.6 is 0 Å². The molecular formula is C60H104F6. The summed E-state index contributed by atoms with van der Waals surface area (Å²) >= 11 is 0. The summed E-state index contributed by atoms with van der Waals surface area (Å²) in [6.45, 7) is 11.5. The van der Waals surface area contributed by atoms with E-state index in [4.69, 9.17) is 0 Å². The minimum absolute atomic E-state index is 0.0231. The third-order valence-electron chi connectivity index (χ3n) is 18.8. The van der Waals surface area contributed by atoms with E-state index in [1.165, 1.54) is 174 Å². The fraction of sp³-hybridized carbons (Fsp3) is 0.967. The van der Waals surface area contributed by atoms with Gasteiger partial charge in [0.15, 0.2) is 0 Å². The molecule has 0 aromatic carbocycles. The Bertz CT molecular complexity index is 1280. The monoisotopic (exact) mass is 939 g/mol. The van der Waals surface area contributed by atoms with E-state index in [1.807, 2.05) is 6.92 Å². The van der Waals surface area contributed by atoms with Crippen LogP contribution in [0.5, 0.6) is 0 Å². The first-order chi connectivity index (χ1) is 31.5. The Kier molecular flexibility index (Phi) is 26.3. The molecule has 0 aromatic heterocycles. The predicted molar refractivity (Wildman–Crippen MR) is 269 cm³/mol. The van der Waals surface area contributed by atoms with Gasteiger partial charge in [0.2, 0.25) is 11.8 Å². The van der Waals surface area contributed by atoms with Crippen molar-refractivity contribution in [1.82, 2.24) is 0 Å². The lowest BCUT2D eigenvalue weighted by molar-refractivity contribution is -0.0401. The van der Waals surface area contributed by atoms with Gasteiger partial charge in [-0.15, -0.1) is 5.92 Å². The summed E-state index contributed by atoms with van der Waals surface area (Å²) in [6, 6.07) is 0. The summed E-state index contributed by atoms with van der Waals surface area (Å²) in [6.07, 6.45) is 41.7. The number of hydrogen-bond acceptors (Lipinski definition) is 0. The standard InChI is InChI=1S/C22H36F2.C21H38F2.C17H30F2/c1-3-5-6-7-18-8-12-20(13-9-18)21-14-10-19(11-15-21)17-22(23,24)16-4-2;1-3-5-15-21(22,23)16-18-9-13-20(14-10-18)19-11-7-17(6-4-2)8-12-19;1-13-3-7-15(8-4-13)16-9-5-14(6-10-16)11-12-17(2,18)19/h18-21H,3,5-15,17H2,1-2H3;17-20H,3-16H2,1-2H3;13-16H,3-12H2,1-2H3. The zero-order chi connectivity index (χ0) is 48.0. The van der Waals surface area contributed by atoms with Gasteiger partial charge in [-0.1, -0.05) is 124 Å². The molecular weight excluding hydrogens is 835 g/mol. The molecule has 0 bridgehead atoms. The third-order valence-corrected chi connectivity index (χ3v) is 18.8. The highest BCUT2D eigenvalue weighted by Gasteiger charge is 2.38. The van der Waals surface area contributed by atoms with Crippen LogP contribution in [0.15, 0.2) is 0 Å². The molecule has 6 heteroatoms. The van der Waals surface area contributed by atoms with Gasteiger partial charge in [-0.3, -0.25) is 0 Å². The van der Waals surface area contributed by atoms with Crippen molar-refractivity contribution in [1.29, 1.82) is 0 Å². The molecule has 0 heterocycles. The average Bonchev–Trinajstić information content (AvgIpc) is 3.29. The molecule has 0 atom stereocenters. The molecule has 386 valence electrons. The first-order valence-corrected chi connectivity index (χ1v) is 29.1. The summed E-state index contributed by atoms with van der Waals surface area (Å²) in [5.74, 6) is 6.03. The number of rotatable bonds is 19. The van der Waals surface area contributed by atoms with Gasteiger partial charge >= 0.3 is 5.92 Å². The smallest absolute Gasteiger partial charge is 0.207 e. The summed E-state index contributed by atoms with van der Waals surface area (Å²) in [5, 5.41) is 0. The highest BCUT2D eigenvalue weighted by molar-refractivity contribution is 5.08. The fourth-order valence-electron chi connectivity index (χ4n) is 14.4. The van der Waals surface area contributed by atoms with Crippen LogP contribution in [-0.2, 0) is 0 Å². The van der Waals surface area contributed by atoms with Crippen LogP contribution in [0.1, 0.15) is 279 Å². The van der Waals surface area contributed by atoms with Crippen LogP contribution in [-0.4, -0.2) is 17.8 Å². The zero-order valence-electron chi connectivity index (χ0n) is 43.9. The lowest BCUT2D eigenvalue weighted by Crippen LogP contribution is -2.28. The van der Waals surface area contributed by atoms with Gasteiger partial charge in [0, 0.05) is 25.7 Å². The molecule has 0 aliphatic heterocycles. The second kappa shape index (κ2) is 30.1. The molecule has 6 saturated carbocycles. The van der Waals surface area contributed by atoms with Crippen molar-refractivity contribution in [2.75, 3.05) is 0 Å². The van der Waals surface area contributed by atoms with Gasteiger partial charge in [-0.2, -0.15) is 8.78 Å². The molecule has 0 aromatic rings. The number of hydrogen-bond donors (Lipinski definition) is 0. The normalized spacial score (nSPS) is 33.6. The van der Waals surface area contributed by atoms with Gasteiger partial charge in [0.1, 0.15) is 0 Å². The van der Waals surface area contributed by atoms with Gasteiger partial charge < -0.3 is 0 Å². The highest BCUT2D eigenvalue weighted by Crippen LogP contribution is 2.47. The Morgan fingerprint density at radius 3 is 1.14 bits per heavy atom. The molecule has 0 unspecified atom stereocenters. The van der Waals surface area contributed by atoms with Crippen molar-refractivity contribution in [3.63, 3.8) is 0 Å². The Balaban J connectivity index is 0.000000218. The summed E-state index contributed by atoms with van der Waals surface area (Å²) in [4.78, 5) is 0. The molecule has 0 saturated heterocycles. The largest absolute Gasteiger partial charge is 0.308 e. The lowest BCUT2D eigenvalue weighted by Gasteiger charge is -2.38. The van der Waals surface area contributed by atoms with Crippen LogP contribution < -0.4 is 0 Å². The average molecular weight is 939 g/mol. The van der Waals surface area contributed by atoms with Crippen molar-refractivity contribution in [3.05, 3.63) is 0 Å². The van der Waals surface area contributed by atoms with E-state index in [0.29, 0.717) is 12.3 Å². The van der Waals surface area contributed by atoms with Crippen molar-refractivity contribution in [3.8, 4) is 11.8 Å². The molecule has 0 radical (unpaired) electrons. The first kappa shape index (κ1) is 57.7. The molecule has 6 aliphatic rings. The number of halogens is 6. The predicted octanol–water partition coefficient (Wildman–Crippen LogP) is 20.9. The van der Waals surface area contributed by atoms with E-state index in [-0.39, 0.29) is 37.5 Å². The molecule has 0 spiro atoms. The SMILES string of the molecule is CC#CC(F)(F)CC1CCC(C2CCC(CCCCC)CC2)CC1.CC1CCC(C2CCC(CCC(C)(F)F)CC2)CC1.CCCCC(F)(F)CC1CCC(C2CCC(CCC)CC2)CC1. The Morgan fingerprint density at radius 1 is 0.394 bits per heavy atom. The zero-order valence-corrected chi connectivity index (χ0v) is 43.9. The first-order valence-electron chi connectivity index (χ1n) is 29.1. The topological polar surface area (TPSA) is 0 Å². The van der Waals surface area contributed by atoms with Crippen LogP contribution in [0.25, 0.3) is 0 Å². The van der Waals surface area contributed by atoms with Crippen LogP contribution in [0.4, 0.5) is 26.3 Å². The minimum atomic E-state index is -2.77. The summed E-state index contributed by atoms with van der Waals surface area (Å²) in [5.41, 5.74) is 0. The number of alkyl halides is 6. The quantitative estimate of drug-likeness (QED) is 0.0688. The van der Waals surface area contributed by atoms with Crippen molar-refractivity contribution in [2.24, 2.45) is 71.0 Å². The molecule has 66 heavy (non-hydrogen) atoms. The van der Waals surface area contributed by atoms with Crippen molar-refractivity contribution >= 4 is 0 Å². The maximum absolute atomic E-state index is 14.0. The summed E-state index contributed by atoms with van der Waals surface area (Å²) in [7, 11) is 0. The van der Waals surface area contributed by atoms with Gasteiger partial charge in [-0.25, -0.2) is 17.6 Å². The van der Waals surface area contributed by atoms with Crippen molar-refractivity contribution in [2.45, 2.75) is 297 Å². The van der Waals surface area contributed by atoms with Gasteiger partial charge in [0.05, 0.1) is 0 Å². The Hall–Kier alpha value is -0.860. The van der Waals surface area contributed by atoms with E-state index < -0.39 is 17.8 Å². The third kappa shape index (κ3) is 22.5. The maximum atomic E-state index is 14.0. The molecule has 0 nitrogen and oxygen atoms in total. The molecule has 6 rings (SSSR count). The summed E-state index contributed by atoms with van der Waals surface area (Å²) < 4.78 is 81.0. The van der Waals surface area contributed by atoms with Crippen LogP contribution in [0.3, 0.4) is 0 Å². The Labute approximate surface area is 404 Å². The lowest BCUT2D eigenvalue weighted by atomic mass is 9.68. The minimum Gasteiger partial charge on any atom is -0.207 e. The molecule has 6 aliphatic carbocycles. The fourth-order valence-corrected chi connectivity index (χ4v) is 14.4. The molecule has 0 amide bonds. The van der Waals surface area contributed by atoms with Crippen molar-refractivity contribution < 1.29 is 26.3 Å². The van der Waals surface area contributed by atoms with Gasteiger partial charge in [-0.05, 0) is 206 Å². The van der Waals surface area contributed by atoms with E-state index in [1.54, 1.807) is 0 Å². The highest BCUT2D eigenvalue weighted by atomic mass is 19.3. The van der Waals surface area contributed by atoms with Crippen LogP contribution in [0.2, 0.25) is 0 Å². The maximum Gasteiger partial charge on any atom is 0.308 e. The van der Waals surface area contributed by atoms with Crippen LogP contribution in [0, 0.1) is 82.9 Å². The second-order valence-electron chi connectivity index (χ2n) is 24.3. The molecule has 6 fully saturated rings. The number of unbranched alkanes of at least 4 members (excludes halogenated alkanes) is 3. The second-order valence-corrected chi connectivity index (χ2v) is 24.3. The van der Waals surface area contributed by atoms with E-state index in [2.05, 4.69) is 32.6 Å². The Morgan fingerprint density at radius 2 is 0.758 bits per heavy atom. The molecule has 0 N–H and O–H groups in total. The van der Waals surface area contributed by atoms with E-state index in [0.717, 1.165) is 98.7 Å². The van der Waals surface area contributed by atoms with E-state index in [9.17, 15) is 26.3 Å². The van der Waals surface area contributed by atoms with Gasteiger partial charge in [0.25, 0.3) is 0 Å².